The standard InChI is InChI=1S/C69H85N13O18/c1-43(2)37-56(79-65(89)55(20-23-61(86)87)77-58(83)24-28-95-31-33-97-35-36-98-34-32-96-30-27-82-59(84)21-22-60(82)85)66(90)78-54(9-6-25-71-68(70)92)64(88)76-50-15-10-45(11-16-50)42-100-69(93)72-26-29-99-51-39-48-38-47(14-19-52(48)74-40-51)62-63(53-8-5-7-44(3)75-53)81-57(80-62)41-73-49-17-12-46(13-18-49)67(91)94-4/h5,7-8,10-19,21-22,38-40,43,54-56,73H,6,9,20,23-37,41-42H2,1-4H3,(H,72,93)(H,76,88)(H,77,83)(H,78,90)(H,79,89)(H,80,81)(H,86,87)(H3,70,71,92)/t54-,55-,56-/m0/s1. The van der Waals surface area contributed by atoms with Crippen LogP contribution in [-0.2, 0) is 75.1 Å². The number of alkyl carbamates (subject to hydrolysis) is 1. The van der Waals surface area contributed by atoms with Crippen LogP contribution in [0.1, 0.15) is 79.8 Å². The van der Waals surface area contributed by atoms with Crippen molar-refractivity contribution in [1.82, 2.24) is 51.4 Å². The molecular formula is C69H85N13O18. The number of ether oxygens (including phenoxy) is 7. The van der Waals surface area contributed by atoms with Crippen LogP contribution < -0.4 is 47.7 Å². The molecule has 0 bridgehead atoms. The number of H-pyrrole nitrogens is 1. The van der Waals surface area contributed by atoms with Crippen molar-refractivity contribution >= 4 is 81.8 Å². The molecule has 11 N–H and O–H groups in total. The number of nitrogens with two attached hydrogens (primary N) is 1. The molecule has 31 heteroatoms. The fourth-order valence-electron chi connectivity index (χ4n) is 9.95. The van der Waals surface area contributed by atoms with Gasteiger partial charge in [0.1, 0.15) is 42.9 Å². The maximum Gasteiger partial charge on any atom is 0.407 e. The van der Waals surface area contributed by atoms with E-state index in [0.717, 1.165) is 32.9 Å². The van der Waals surface area contributed by atoms with Crippen LogP contribution in [0.25, 0.3) is 33.5 Å². The maximum absolute atomic E-state index is 14.1. The van der Waals surface area contributed by atoms with Crippen molar-refractivity contribution in [1.29, 1.82) is 0 Å². The van der Waals surface area contributed by atoms with Crippen LogP contribution in [0.4, 0.5) is 21.0 Å². The first-order chi connectivity index (χ1) is 48.2. The monoisotopic (exact) mass is 1380 g/mol. The molecule has 0 unspecified atom stereocenters. The summed E-state index contributed by atoms with van der Waals surface area (Å²) in [5, 5.41) is 29.4. The molecule has 0 aliphatic carbocycles. The number of aliphatic carboxylic acids is 1. The molecule has 1 aliphatic heterocycles. The number of hydrogen-bond acceptors (Lipinski definition) is 21. The van der Waals surface area contributed by atoms with Gasteiger partial charge in [-0.1, -0.05) is 38.1 Å². The predicted molar refractivity (Wildman–Crippen MR) is 364 cm³/mol. The Morgan fingerprint density at radius 1 is 0.680 bits per heavy atom. The van der Waals surface area contributed by atoms with E-state index in [1.165, 1.54) is 19.3 Å². The molecule has 3 aromatic carbocycles. The number of fused-ring (bicyclic) bond motifs is 1. The number of aromatic nitrogens is 4. The Balaban J connectivity index is 0.843. The number of imide groups is 1. The first-order valence-electron chi connectivity index (χ1n) is 32.5. The van der Waals surface area contributed by atoms with E-state index in [2.05, 4.69) is 47.2 Å². The summed E-state index contributed by atoms with van der Waals surface area (Å²) in [5.41, 5.74) is 11.8. The number of primary amides is 1. The number of rotatable bonds is 43. The van der Waals surface area contributed by atoms with Crippen molar-refractivity contribution in [3.63, 3.8) is 0 Å². The second-order valence-electron chi connectivity index (χ2n) is 23.2. The number of hydrogen-bond donors (Lipinski definition) is 10. The molecule has 6 aromatic rings. The van der Waals surface area contributed by atoms with Gasteiger partial charge in [0.25, 0.3) is 11.8 Å². The molecule has 0 saturated heterocycles. The smallest absolute Gasteiger partial charge is 0.407 e. The zero-order valence-electron chi connectivity index (χ0n) is 56.1. The molecule has 3 atom stereocenters. The highest BCUT2D eigenvalue weighted by Gasteiger charge is 2.31. The summed E-state index contributed by atoms with van der Waals surface area (Å²) in [5.74, 6) is -4.31. The number of imidazole rings is 1. The number of urea groups is 1. The van der Waals surface area contributed by atoms with E-state index in [9.17, 15) is 53.1 Å². The lowest BCUT2D eigenvalue weighted by molar-refractivity contribution is -0.139. The van der Waals surface area contributed by atoms with Gasteiger partial charge in [-0.3, -0.25) is 48.4 Å². The Morgan fingerprint density at radius 2 is 1.34 bits per heavy atom. The summed E-state index contributed by atoms with van der Waals surface area (Å²) in [6.07, 6.45) is 2.59. The van der Waals surface area contributed by atoms with Gasteiger partial charge in [0, 0.05) is 59.6 Å². The largest absolute Gasteiger partial charge is 0.490 e. The highest BCUT2D eigenvalue weighted by atomic mass is 16.6. The molecule has 9 amide bonds. The van der Waals surface area contributed by atoms with Crippen molar-refractivity contribution in [2.45, 2.75) is 90.6 Å². The number of esters is 1. The summed E-state index contributed by atoms with van der Waals surface area (Å²) < 4.78 is 38.0. The highest BCUT2D eigenvalue weighted by molar-refractivity contribution is 6.13. The number of carboxylic acids is 1. The minimum absolute atomic E-state index is 0.0143. The number of aromatic amines is 1. The van der Waals surface area contributed by atoms with Gasteiger partial charge < -0.3 is 86.2 Å². The summed E-state index contributed by atoms with van der Waals surface area (Å²) in [4.78, 5) is 145. The first-order valence-corrected chi connectivity index (χ1v) is 32.5. The van der Waals surface area contributed by atoms with Crippen molar-refractivity contribution < 1.29 is 86.2 Å². The van der Waals surface area contributed by atoms with E-state index in [4.69, 9.17) is 48.9 Å². The van der Waals surface area contributed by atoms with Crippen LogP contribution in [-0.4, -0.2) is 194 Å². The fraction of sp³-hybridized carbons (Fsp3) is 0.406. The van der Waals surface area contributed by atoms with Gasteiger partial charge in [0.2, 0.25) is 23.6 Å². The molecule has 0 spiro atoms. The zero-order chi connectivity index (χ0) is 71.8. The molecule has 7 rings (SSSR count). The number of anilines is 2. The SMILES string of the molecule is COC(=O)c1ccc(NCc2nc(-c3ccc4ncc(OCCNC(=O)OCc5ccc(NC(=O)[C@H](CCCNC(N)=O)NC(=O)[C@H](CC(C)C)NC(=O)[C@H](CCC(=O)O)NC(=O)CCOCCOCCOCCOCCN6C(=O)C=CC6=O)cc5)cc4c3)c(-c3cccc(C)n3)[nH]2)cc1. The lowest BCUT2D eigenvalue weighted by atomic mass is 10.0. The summed E-state index contributed by atoms with van der Waals surface area (Å²) in [7, 11) is 1.33. The average Bonchev–Trinajstić information content (AvgIpc) is 1.71. The lowest BCUT2D eigenvalue weighted by Crippen LogP contribution is -2.56. The van der Waals surface area contributed by atoms with E-state index in [1.807, 2.05) is 49.4 Å². The first kappa shape index (κ1) is 76.5. The maximum atomic E-state index is 14.1. The summed E-state index contributed by atoms with van der Waals surface area (Å²) in [6.45, 7) is 7.58. The van der Waals surface area contributed by atoms with Crippen LogP contribution in [0.15, 0.2) is 109 Å². The molecule has 4 heterocycles. The van der Waals surface area contributed by atoms with Crippen LogP contribution in [0.2, 0.25) is 0 Å². The second kappa shape index (κ2) is 40.1. The van der Waals surface area contributed by atoms with Gasteiger partial charge >= 0.3 is 24.1 Å². The van der Waals surface area contributed by atoms with Crippen LogP contribution >= 0.6 is 0 Å². The second-order valence-corrected chi connectivity index (χ2v) is 23.2. The Bertz CT molecular complexity index is 3770. The normalized spacial score (nSPS) is 12.7. The lowest BCUT2D eigenvalue weighted by Gasteiger charge is -2.26. The van der Waals surface area contributed by atoms with Gasteiger partial charge in [-0.25, -0.2) is 19.4 Å². The fourth-order valence-corrected chi connectivity index (χ4v) is 9.95. The Labute approximate surface area is 576 Å². The van der Waals surface area contributed by atoms with E-state index >= 15 is 0 Å². The van der Waals surface area contributed by atoms with E-state index in [0.29, 0.717) is 51.8 Å². The van der Waals surface area contributed by atoms with Crippen molar-refractivity contribution in [3.8, 4) is 28.4 Å². The quantitative estimate of drug-likeness (QED) is 0.0139. The number of carboxylic acid groups (broad SMARTS) is 1. The van der Waals surface area contributed by atoms with Gasteiger partial charge in [-0.2, -0.15) is 0 Å². The molecular weight excluding hydrogens is 1300 g/mol. The molecule has 31 nitrogen and oxygen atoms in total. The molecule has 0 radical (unpaired) electrons. The van der Waals surface area contributed by atoms with Crippen LogP contribution in [0, 0.1) is 12.8 Å². The van der Waals surface area contributed by atoms with Gasteiger partial charge in [-0.05, 0) is 111 Å². The van der Waals surface area contributed by atoms with Gasteiger partial charge in [-0.15, -0.1) is 0 Å². The Morgan fingerprint density at radius 3 is 2.01 bits per heavy atom. The Kier molecular flexibility index (Phi) is 30.7. The zero-order valence-corrected chi connectivity index (χ0v) is 56.1. The molecule has 100 heavy (non-hydrogen) atoms. The third-order valence-corrected chi connectivity index (χ3v) is 15.0. The summed E-state index contributed by atoms with van der Waals surface area (Å²) in [6, 6.07) is 22.1. The molecule has 0 saturated carbocycles. The number of benzene rings is 3. The number of carbonyl (C=O) groups is 10. The molecule has 0 fully saturated rings. The van der Waals surface area contributed by atoms with E-state index in [-0.39, 0.29) is 136 Å². The molecule has 1 aliphatic rings. The van der Waals surface area contributed by atoms with Crippen LogP contribution in [0.5, 0.6) is 5.75 Å². The number of amides is 9. The number of methoxy groups -OCH3 is 1. The van der Waals surface area contributed by atoms with Crippen molar-refractivity contribution in [3.05, 3.63) is 132 Å². The minimum Gasteiger partial charge on any atom is -0.490 e. The number of carbonyl (C=O) groups excluding carboxylic acids is 9. The number of nitrogens with one attached hydrogen (secondary N) is 8. The number of aryl methyl sites for hydroxylation is 1. The summed E-state index contributed by atoms with van der Waals surface area (Å²) >= 11 is 0. The van der Waals surface area contributed by atoms with Crippen molar-refractivity contribution in [2.75, 3.05) is 96.8 Å². The molecule has 534 valence electrons. The van der Waals surface area contributed by atoms with Gasteiger partial charge in [0.05, 0.1) is 114 Å². The predicted octanol–water partition coefficient (Wildman–Crippen LogP) is 4.83. The van der Waals surface area contributed by atoms with Gasteiger partial charge in [0.15, 0.2) is 0 Å². The van der Waals surface area contributed by atoms with E-state index in [1.54, 1.807) is 68.6 Å². The minimum atomic E-state index is -1.36. The molecule has 3 aromatic heterocycles. The van der Waals surface area contributed by atoms with Crippen LogP contribution in [0.3, 0.4) is 0 Å². The average molecular weight is 1380 g/mol. The topological polar surface area (TPSA) is 423 Å². The number of nitrogens with zero attached hydrogens (tertiary/aromatic N) is 4. The third-order valence-electron chi connectivity index (χ3n) is 15.0. The third kappa shape index (κ3) is 25.8. The number of pyridine rings is 2. The van der Waals surface area contributed by atoms with E-state index < -0.39 is 72.2 Å². The highest BCUT2D eigenvalue weighted by Crippen LogP contribution is 2.32. The van der Waals surface area contributed by atoms with Crippen molar-refractivity contribution in [2.24, 2.45) is 11.7 Å². The Hall–Kier alpha value is -10.9.